The zero-order valence-electron chi connectivity index (χ0n) is 5.61. The van der Waals surface area contributed by atoms with Crippen LogP contribution in [0.2, 0.25) is 0 Å². The van der Waals surface area contributed by atoms with Crippen LogP contribution < -0.4 is 0 Å². The number of nitrogens with one attached hydrogen (secondary N) is 1. The van der Waals surface area contributed by atoms with Crippen LogP contribution >= 0.6 is 0 Å². The zero-order chi connectivity index (χ0) is 7.56. The van der Waals surface area contributed by atoms with E-state index in [2.05, 4.69) is 0 Å². The van der Waals surface area contributed by atoms with Crippen LogP contribution in [0.15, 0.2) is 29.2 Å². The summed E-state index contributed by atoms with van der Waals surface area (Å²) in [5, 5.41) is 0. The first-order chi connectivity index (χ1) is 4.70. The van der Waals surface area contributed by atoms with Gasteiger partial charge in [-0.05, 0) is 23.2 Å². The second kappa shape index (κ2) is 5.26. The fourth-order valence-electron chi connectivity index (χ4n) is 0.566. The third-order valence-corrected chi connectivity index (χ3v) is 1.70. The van der Waals surface area contributed by atoms with Gasteiger partial charge in [-0.1, -0.05) is 12.1 Å². The van der Waals surface area contributed by atoms with Gasteiger partial charge in [0.2, 0.25) is 0 Å². The van der Waals surface area contributed by atoms with Crippen LogP contribution in [0.4, 0.5) is 5.69 Å². The summed E-state index contributed by atoms with van der Waals surface area (Å²) in [6.45, 7) is 0. The molecule has 0 spiro atoms. The minimum atomic E-state index is -2.17. The SMILES string of the molecule is [Ac].[NH-]c1ccc(S(=O)[O-])cc1. The molecule has 1 aromatic carbocycles. The van der Waals surface area contributed by atoms with Crippen molar-refractivity contribution >= 4 is 16.8 Å². The van der Waals surface area contributed by atoms with Gasteiger partial charge in [0.15, 0.2) is 0 Å². The first kappa shape index (κ1) is 11.6. The van der Waals surface area contributed by atoms with Gasteiger partial charge in [-0.25, -0.2) is 0 Å². The van der Waals surface area contributed by atoms with E-state index in [1.54, 1.807) is 0 Å². The average molecular weight is 382 g/mol. The number of rotatable bonds is 1. The van der Waals surface area contributed by atoms with Crippen molar-refractivity contribution in [3.63, 3.8) is 0 Å². The maximum absolute atomic E-state index is 10.3. The van der Waals surface area contributed by atoms with E-state index < -0.39 is 11.1 Å². The molecule has 0 fully saturated rings. The molecule has 0 aliphatic heterocycles. The molecule has 0 aliphatic rings. The molecule has 1 aromatic rings. The summed E-state index contributed by atoms with van der Waals surface area (Å²) in [6, 6.07) is 5.66. The Morgan fingerprint density at radius 3 is 2.09 bits per heavy atom. The Morgan fingerprint density at radius 1 is 1.27 bits per heavy atom. The topological polar surface area (TPSA) is 63.9 Å². The van der Waals surface area contributed by atoms with E-state index >= 15 is 0 Å². The first-order valence-electron chi connectivity index (χ1n) is 2.61. The standard InChI is InChI=1S/C6H6NO2S.Ac/c7-5-1-3-6(4-2-5)10(8)9;/h1-4,7H,(H,8,9);/q-1;/p-1. The Labute approximate surface area is 103 Å². The van der Waals surface area contributed by atoms with Gasteiger partial charge >= 0.3 is 0 Å². The Kier molecular flexibility index (Phi) is 5.53. The number of hydrogen-bond acceptors (Lipinski definition) is 2. The van der Waals surface area contributed by atoms with E-state index in [-0.39, 0.29) is 49.0 Å². The molecule has 0 bridgehead atoms. The molecule has 1 radical (unpaired) electrons. The van der Waals surface area contributed by atoms with E-state index in [1.165, 1.54) is 24.3 Å². The predicted molar refractivity (Wildman–Crippen MR) is 37.6 cm³/mol. The summed E-state index contributed by atoms with van der Waals surface area (Å²) in [4.78, 5) is 0.219. The molecule has 1 rings (SSSR count). The van der Waals surface area contributed by atoms with Crippen LogP contribution in [0.3, 0.4) is 0 Å². The molecule has 57 valence electrons. The monoisotopic (exact) mass is 382 g/mol. The van der Waals surface area contributed by atoms with E-state index in [0.717, 1.165) is 0 Å². The Bertz CT molecular complexity index is 249. The maximum Gasteiger partial charge on any atom is 0.0247 e. The molecule has 0 saturated heterocycles. The van der Waals surface area contributed by atoms with Crippen molar-refractivity contribution in [3.8, 4) is 0 Å². The van der Waals surface area contributed by atoms with Gasteiger partial charge in [-0.2, -0.15) is 0 Å². The smallest absolute Gasteiger partial charge is 0.0247 e. The second-order valence-corrected chi connectivity index (χ2v) is 2.70. The van der Waals surface area contributed by atoms with Gasteiger partial charge in [0, 0.05) is 49.0 Å². The third-order valence-electron chi connectivity index (χ3n) is 1.05. The Morgan fingerprint density at radius 2 is 1.73 bits per heavy atom. The summed E-state index contributed by atoms with van der Waals surface area (Å²) in [6.07, 6.45) is 0. The largest absolute Gasteiger partial charge is 0.768 e. The molecule has 0 aliphatic carbocycles. The molecule has 0 amide bonds. The normalized spacial score (nSPS) is 11.7. The summed E-state index contributed by atoms with van der Waals surface area (Å²) >= 11 is -2.17. The average Bonchev–Trinajstić information content (AvgIpc) is 1.88. The molecule has 3 nitrogen and oxygen atoms in total. The van der Waals surface area contributed by atoms with Crippen molar-refractivity contribution in [1.82, 2.24) is 0 Å². The van der Waals surface area contributed by atoms with Crippen LogP contribution in [0.1, 0.15) is 0 Å². The second-order valence-electron chi connectivity index (χ2n) is 1.76. The molecular formula is C6H5AcNO2S-2. The van der Waals surface area contributed by atoms with Crippen LogP contribution in [0, 0.1) is 44.1 Å². The summed E-state index contributed by atoms with van der Waals surface area (Å²) < 4.78 is 20.5. The van der Waals surface area contributed by atoms with Gasteiger partial charge in [-0.3, -0.25) is 4.21 Å². The van der Waals surface area contributed by atoms with Crippen LogP contribution in [-0.4, -0.2) is 8.76 Å². The fourth-order valence-corrected chi connectivity index (χ4v) is 0.924. The number of benzene rings is 1. The van der Waals surface area contributed by atoms with E-state index in [0.29, 0.717) is 5.69 Å². The van der Waals surface area contributed by atoms with Gasteiger partial charge < -0.3 is 10.3 Å². The van der Waals surface area contributed by atoms with Crippen molar-refractivity contribution in [2.75, 3.05) is 0 Å². The Hall–Kier alpha value is 0.572. The molecule has 1 atom stereocenters. The van der Waals surface area contributed by atoms with Gasteiger partial charge in [-0.15, -0.1) is 5.69 Å². The zero-order valence-corrected chi connectivity index (χ0v) is 11.2. The fraction of sp³-hybridized carbons (Fsp3) is 0. The molecular weight excluding hydrogens is 377 g/mol. The van der Waals surface area contributed by atoms with E-state index in [1.807, 2.05) is 0 Å². The summed E-state index contributed by atoms with van der Waals surface area (Å²) in [5.41, 5.74) is 7.35. The van der Waals surface area contributed by atoms with Crippen molar-refractivity contribution in [2.45, 2.75) is 4.90 Å². The van der Waals surface area contributed by atoms with Crippen LogP contribution in [0.5, 0.6) is 0 Å². The van der Waals surface area contributed by atoms with Crippen LogP contribution in [-0.2, 0) is 11.1 Å². The minimum absolute atomic E-state index is 0. The van der Waals surface area contributed by atoms with Crippen molar-refractivity contribution in [2.24, 2.45) is 0 Å². The third kappa shape index (κ3) is 3.66. The van der Waals surface area contributed by atoms with Gasteiger partial charge in [0.1, 0.15) is 0 Å². The van der Waals surface area contributed by atoms with Crippen LogP contribution in [0.25, 0.3) is 5.73 Å². The van der Waals surface area contributed by atoms with E-state index in [4.69, 9.17) is 5.73 Å². The minimum Gasteiger partial charge on any atom is -0.768 e. The molecule has 5 heteroatoms. The summed E-state index contributed by atoms with van der Waals surface area (Å²) in [7, 11) is 0. The maximum atomic E-state index is 10.3. The molecule has 1 unspecified atom stereocenters. The van der Waals surface area contributed by atoms with Crippen molar-refractivity contribution in [3.05, 3.63) is 30.0 Å². The first-order valence-corrected chi connectivity index (χ1v) is 3.68. The van der Waals surface area contributed by atoms with Gasteiger partial charge in [0.25, 0.3) is 0 Å². The molecule has 0 heterocycles. The predicted octanol–water partition coefficient (Wildman–Crippen LogP) is 1.61. The molecule has 1 N–H and O–H groups in total. The summed E-state index contributed by atoms with van der Waals surface area (Å²) in [5.74, 6) is 0. The van der Waals surface area contributed by atoms with Crippen molar-refractivity contribution in [1.29, 1.82) is 0 Å². The quantitative estimate of drug-likeness (QED) is 0.693. The molecule has 11 heavy (non-hydrogen) atoms. The molecule has 0 saturated carbocycles. The van der Waals surface area contributed by atoms with Crippen molar-refractivity contribution < 1.29 is 52.8 Å². The Balaban J connectivity index is 0.000001000. The van der Waals surface area contributed by atoms with E-state index in [9.17, 15) is 8.76 Å². The van der Waals surface area contributed by atoms with Gasteiger partial charge in [0.05, 0.1) is 0 Å². The number of hydrogen-bond donors (Lipinski definition) is 0. The molecule has 0 aromatic heterocycles.